The summed E-state index contributed by atoms with van der Waals surface area (Å²) < 4.78 is 0. The SMILES string of the molecule is C[C@@H]1CCCN(CCNC(=O)CCc2ccsc2)C1. The largest absolute Gasteiger partial charge is 0.355 e. The lowest BCUT2D eigenvalue weighted by molar-refractivity contribution is -0.121. The molecule has 19 heavy (non-hydrogen) atoms. The second kappa shape index (κ2) is 7.65. The molecule has 2 rings (SSSR count). The number of amides is 1. The van der Waals surface area contributed by atoms with Gasteiger partial charge in [0.15, 0.2) is 0 Å². The van der Waals surface area contributed by atoms with Crippen molar-refractivity contribution in [1.82, 2.24) is 10.2 Å². The van der Waals surface area contributed by atoms with Gasteiger partial charge in [-0.15, -0.1) is 0 Å². The van der Waals surface area contributed by atoms with Crippen LogP contribution in [0.5, 0.6) is 0 Å². The molecule has 3 nitrogen and oxygen atoms in total. The van der Waals surface area contributed by atoms with Crippen LogP contribution in [0.2, 0.25) is 0 Å². The molecule has 1 aromatic heterocycles. The molecule has 0 aromatic carbocycles. The van der Waals surface area contributed by atoms with Crippen molar-refractivity contribution in [2.75, 3.05) is 26.2 Å². The minimum absolute atomic E-state index is 0.177. The Morgan fingerprint density at radius 1 is 1.58 bits per heavy atom. The highest BCUT2D eigenvalue weighted by Crippen LogP contribution is 2.14. The number of carbonyl (C=O) groups is 1. The summed E-state index contributed by atoms with van der Waals surface area (Å²) in [7, 11) is 0. The van der Waals surface area contributed by atoms with Gasteiger partial charge in [0.1, 0.15) is 0 Å². The predicted octanol–water partition coefficient (Wildman–Crippen LogP) is 2.53. The molecule has 106 valence electrons. The molecule has 0 aliphatic carbocycles. The van der Waals surface area contributed by atoms with Gasteiger partial charge >= 0.3 is 0 Å². The number of carbonyl (C=O) groups excluding carboxylic acids is 1. The Labute approximate surface area is 120 Å². The summed E-state index contributed by atoms with van der Waals surface area (Å²) >= 11 is 1.69. The lowest BCUT2D eigenvalue weighted by Gasteiger charge is -2.30. The normalized spacial score (nSPS) is 20.4. The Balaban J connectivity index is 1.56. The van der Waals surface area contributed by atoms with Crippen molar-refractivity contribution in [3.8, 4) is 0 Å². The third-order valence-corrected chi connectivity index (χ3v) is 4.44. The van der Waals surface area contributed by atoms with E-state index in [1.807, 2.05) is 0 Å². The number of hydrogen-bond acceptors (Lipinski definition) is 3. The summed E-state index contributed by atoms with van der Waals surface area (Å²) in [5.74, 6) is 0.985. The number of nitrogens with one attached hydrogen (secondary N) is 1. The van der Waals surface area contributed by atoms with E-state index in [1.165, 1.54) is 31.5 Å². The van der Waals surface area contributed by atoms with Crippen LogP contribution < -0.4 is 5.32 Å². The summed E-state index contributed by atoms with van der Waals surface area (Å²) in [5, 5.41) is 7.20. The van der Waals surface area contributed by atoms with Crippen LogP contribution in [0, 0.1) is 5.92 Å². The molecule has 2 heterocycles. The zero-order valence-corrected chi connectivity index (χ0v) is 12.5. The predicted molar refractivity (Wildman–Crippen MR) is 80.5 cm³/mol. The Morgan fingerprint density at radius 3 is 3.21 bits per heavy atom. The van der Waals surface area contributed by atoms with E-state index >= 15 is 0 Å². The minimum Gasteiger partial charge on any atom is -0.355 e. The zero-order chi connectivity index (χ0) is 13.5. The van der Waals surface area contributed by atoms with Gasteiger partial charge in [-0.1, -0.05) is 6.92 Å². The Hall–Kier alpha value is -0.870. The molecule has 1 atom stereocenters. The number of rotatable bonds is 6. The van der Waals surface area contributed by atoms with Crippen LogP contribution in [0.3, 0.4) is 0 Å². The Kier molecular flexibility index (Phi) is 5.86. The van der Waals surface area contributed by atoms with Crippen LogP contribution in [0.1, 0.15) is 31.7 Å². The standard InChI is InChI=1S/C15H24N2OS/c1-13-3-2-8-17(11-13)9-7-16-15(18)5-4-14-6-10-19-12-14/h6,10,12-13H,2-5,7-9,11H2,1H3,(H,16,18)/t13-/m1/s1. The van der Waals surface area contributed by atoms with Gasteiger partial charge < -0.3 is 10.2 Å². The van der Waals surface area contributed by atoms with Crippen LogP contribution in [0.4, 0.5) is 0 Å². The second-order valence-corrected chi connectivity index (χ2v) is 6.31. The summed E-state index contributed by atoms with van der Waals surface area (Å²) in [4.78, 5) is 14.2. The molecule has 0 unspecified atom stereocenters. The third kappa shape index (κ3) is 5.33. The summed E-state index contributed by atoms with van der Waals surface area (Å²) in [5.41, 5.74) is 1.27. The lowest BCUT2D eigenvalue weighted by Crippen LogP contribution is -2.40. The van der Waals surface area contributed by atoms with Crippen molar-refractivity contribution in [2.24, 2.45) is 5.92 Å². The topological polar surface area (TPSA) is 32.3 Å². The fourth-order valence-electron chi connectivity index (χ4n) is 2.62. The van der Waals surface area contributed by atoms with Gasteiger partial charge in [-0.25, -0.2) is 0 Å². The van der Waals surface area contributed by atoms with Crippen LogP contribution in [-0.4, -0.2) is 37.0 Å². The first kappa shape index (κ1) is 14.5. The van der Waals surface area contributed by atoms with Crippen molar-refractivity contribution in [1.29, 1.82) is 0 Å². The van der Waals surface area contributed by atoms with E-state index in [-0.39, 0.29) is 5.91 Å². The van der Waals surface area contributed by atoms with Crippen molar-refractivity contribution in [3.05, 3.63) is 22.4 Å². The van der Waals surface area contributed by atoms with Crippen molar-refractivity contribution in [2.45, 2.75) is 32.6 Å². The number of hydrogen-bond donors (Lipinski definition) is 1. The number of nitrogens with zero attached hydrogens (tertiary/aromatic N) is 1. The zero-order valence-electron chi connectivity index (χ0n) is 11.7. The first-order valence-corrected chi connectivity index (χ1v) is 8.18. The second-order valence-electron chi connectivity index (χ2n) is 5.53. The highest BCUT2D eigenvalue weighted by molar-refractivity contribution is 7.07. The fourth-order valence-corrected chi connectivity index (χ4v) is 3.33. The Morgan fingerprint density at radius 2 is 2.47 bits per heavy atom. The molecular weight excluding hydrogens is 256 g/mol. The number of aryl methyl sites for hydroxylation is 1. The highest BCUT2D eigenvalue weighted by Gasteiger charge is 2.15. The summed E-state index contributed by atoms with van der Waals surface area (Å²) in [6.07, 6.45) is 4.11. The van der Waals surface area contributed by atoms with Crippen LogP contribution in [0.15, 0.2) is 16.8 Å². The van der Waals surface area contributed by atoms with E-state index in [0.717, 1.165) is 25.4 Å². The summed E-state index contributed by atoms with van der Waals surface area (Å²) in [6.45, 7) is 6.47. The molecule has 0 bridgehead atoms. The maximum Gasteiger partial charge on any atom is 0.220 e. The van der Waals surface area contributed by atoms with Crippen molar-refractivity contribution < 1.29 is 4.79 Å². The van der Waals surface area contributed by atoms with Crippen LogP contribution in [-0.2, 0) is 11.2 Å². The maximum atomic E-state index is 11.7. The molecule has 0 radical (unpaired) electrons. The van der Waals surface area contributed by atoms with Gasteiger partial charge in [-0.05, 0) is 54.1 Å². The molecule has 0 saturated carbocycles. The smallest absolute Gasteiger partial charge is 0.220 e. The fraction of sp³-hybridized carbons (Fsp3) is 0.667. The highest BCUT2D eigenvalue weighted by atomic mass is 32.1. The first-order chi connectivity index (χ1) is 9.24. The molecule has 1 aliphatic rings. The quantitative estimate of drug-likeness (QED) is 0.868. The van der Waals surface area contributed by atoms with E-state index in [1.54, 1.807) is 11.3 Å². The average Bonchev–Trinajstić information content (AvgIpc) is 2.89. The molecule has 1 N–H and O–H groups in total. The summed E-state index contributed by atoms with van der Waals surface area (Å²) in [6, 6.07) is 2.09. The van der Waals surface area contributed by atoms with Crippen molar-refractivity contribution in [3.63, 3.8) is 0 Å². The van der Waals surface area contributed by atoms with E-state index in [0.29, 0.717) is 6.42 Å². The van der Waals surface area contributed by atoms with Gasteiger partial charge in [0.2, 0.25) is 5.91 Å². The maximum absolute atomic E-state index is 11.7. The van der Waals surface area contributed by atoms with Crippen molar-refractivity contribution >= 4 is 17.2 Å². The number of thiophene rings is 1. The molecule has 1 fully saturated rings. The molecule has 0 spiro atoms. The Bertz CT molecular complexity index is 378. The first-order valence-electron chi connectivity index (χ1n) is 7.24. The molecular formula is C15H24N2OS. The van der Waals surface area contributed by atoms with Gasteiger partial charge in [0, 0.05) is 26.1 Å². The third-order valence-electron chi connectivity index (χ3n) is 3.71. The van der Waals surface area contributed by atoms with E-state index in [9.17, 15) is 4.79 Å². The number of piperidine rings is 1. The number of likely N-dealkylation sites (tertiary alicyclic amines) is 1. The van der Waals surface area contributed by atoms with Gasteiger partial charge in [0.25, 0.3) is 0 Å². The molecule has 1 amide bonds. The van der Waals surface area contributed by atoms with Gasteiger partial charge in [-0.2, -0.15) is 11.3 Å². The molecule has 4 heteroatoms. The molecule has 1 aromatic rings. The van der Waals surface area contributed by atoms with Crippen LogP contribution in [0.25, 0.3) is 0 Å². The monoisotopic (exact) mass is 280 g/mol. The average molecular weight is 280 g/mol. The van der Waals surface area contributed by atoms with E-state index in [2.05, 4.69) is 34.0 Å². The molecule has 1 aliphatic heterocycles. The van der Waals surface area contributed by atoms with E-state index < -0.39 is 0 Å². The van der Waals surface area contributed by atoms with Gasteiger partial charge in [0.05, 0.1) is 0 Å². The lowest BCUT2D eigenvalue weighted by atomic mass is 10.0. The van der Waals surface area contributed by atoms with Gasteiger partial charge in [-0.3, -0.25) is 4.79 Å². The van der Waals surface area contributed by atoms with E-state index in [4.69, 9.17) is 0 Å². The molecule has 1 saturated heterocycles. The minimum atomic E-state index is 0.177. The van der Waals surface area contributed by atoms with Crippen LogP contribution >= 0.6 is 11.3 Å².